The van der Waals surface area contributed by atoms with Crippen LogP contribution in [0.1, 0.15) is 44.0 Å². The van der Waals surface area contributed by atoms with Crippen molar-refractivity contribution in [2.75, 3.05) is 13.1 Å². The van der Waals surface area contributed by atoms with Crippen molar-refractivity contribution in [3.8, 4) is 0 Å². The molecule has 0 radical (unpaired) electrons. The molecule has 4 rings (SSSR count). The molecule has 4 nitrogen and oxygen atoms in total. The average Bonchev–Trinajstić information content (AvgIpc) is 3.27. The summed E-state index contributed by atoms with van der Waals surface area (Å²) in [5.74, 6) is 2.08. The van der Waals surface area contributed by atoms with Gasteiger partial charge in [-0.1, -0.05) is 0 Å². The standard InChI is InChI=1S/C16H22N4/c1-3-12(11-17-9-1)5-8-15-19-14-4-2-10-18-16(14)20(15)13-6-7-13/h2,4,10,12-13,17H,1,3,5-9,11H2. The van der Waals surface area contributed by atoms with E-state index in [4.69, 9.17) is 4.98 Å². The molecular formula is C16H22N4. The normalized spacial score (nSPS) is 23.3. The number of aromatic nitrogens is 3. The monoisotopic (exact) mass is 270 g/mol. The predicted molar refractivity (Wildman–Crippen MR) is 79.7 cm³/mol. The Bertz CT molecular complexity index is 594. The first-order valence-electron chi connectivity index (χ1n) is 7.94. The van der Waals surface area contributed by atoms with E-state index >= 15 is 0 Å². The number of nitrogens with one attached hydrogen (secondary N) is 1. The van der Waals surface area contributed by atoms with Crippen LogP contribution in [-0.4, -0.2) is 27.6 Å². The second-order valence-electron chi connectivity index (χ2n) is 6.23. The maximum atomic E-state index is 4.84. The van der Waals surface area contributed by atoms with Crippen LogP contribution >= 0.6 is 0 Å². The molecule has 4 heteroatoms. The molecule has 20 heavy (non-hydrogen) atoms. The summed E-state index contributed by atoms with van der Waals surface area (Å²) in [5, 5.41) is 3.51. The fourth-order valence-corrected chi connectivity index (χ4v) is 3.37. The first-order valence-corrected chi connectivity index (χ1v) is 7.94. The topological polar surface area (TPSA) is 42.7 Å². The summed E-state index contributed by atoms with van der Waals surface area (Å²) < 4.78 is 2.41. The Morgan fingerprint density at radius 3 is 3.05 bits per heavy atom. The molecule has 1 unspecified atom stereocenters. The molecule has 2 aromatic rings. The fourth-order valence-electron chi connectivity index (χ4n) is 3.37. The first kappa shape index (κ1) is 12.3. The van der Waals surface area contributed by atoms with Crippen molar-refractivity contribution in [1.29, 1.82) is 0 Å². The van der Waals surface area contributed by atoms with Crippen molar-refractivity contribution < 1.29 is 0 Å². The molecule has 2 aromatic heterocycles. The highest BCUT2D eigenvalue weighted by Crippen LogP contribution is 2.38. The van der Waals surface area contributed by atoms with Crippen LogP contribution in [0.25, 0.3) is 11.2 Å². The molecule has 0 aromatic carbocycles. The van der Waals surface area contributed by atoms with E-state index in [0.717, 1.165) is 23.5 Å². The number of rotatable bonds is 4. The molecule has 0 bridgehead atoms. The highest BCUT2D eigenvalue weighted by atomic mass is 15.2. The van der Waals surface area contributed by atoms with E-state index < -0.39 is 0 Å². The maximum absolute atomic E-state index is 4.84. The van der Waals surface area contributed by atoms with Crippen LogP contribution < -0.4 is 5.32 Å². The minimum Gasteiger partial charge on any atom is -0.316 e. The zero-order valence-electron chi connectivity index (χ0n) is 11.9. The van der Waals surface area contributed by atoms with Gasteiger partial charge in [0.15, 0.2) is 5.65 Å². The van der Waals surface area contributed by atoms with Crippen molar-refractivity contribution in [1.82, 2.24) is 19.9 Å². The number of imidazole rings is 1. The van der Waals surface area contributed by atoms with Gasteiger partial charge in [0, 0.05) is 18.7 Å². The van der Waals surface area contributed by atoms with E-state index in [9.17, 15) is 0 Å². The van der Waals surface area contributed by atoms with Gasteiger partial charge in [-0.25, -0.2) is 9.97 Å². The highest BCUT2D eigenvalue weighted by molar-refractivity contribution is 5.71. The summed E-state index contributed by atoms with van der Waals surface area (Å²) in [4.78, 5) is 9.38. The van der Waals surface area contributed by atoms with Crippen molar-refractivity contribution in [3.05, 3.63) is 24.2 Å². The van der Waals surface area contributed by atoms with Crippen LogP contribution in [-0.2, 0) is 6.42 Å². The largest absolute Gasteiger partial charge is 0.316 e. The SMILES string of the molecule is c1cnc2c(c1)nc(CCC1CCCNC1)n2C1CC1. The summed E-state index contributed by atoms with van der Waals surface area (Å²) >= 11 is 0. The molecule has 1 N–H and O–H groups in total. The van der Waals surface area contributed by atoms with Crippen molar-refractivity contribution in [2.45, 2.75) is 44.6 Å². The number of hydrogen-bond donors (Lipinski definition) is 1. The Balaban J connectivity index is 1.57. The molecule has 1 aliphatic carbocycles. The van der Waals surface area contributed by atoms with Gasteiger partial charge in [-0.3, -0.25) is 0 Å². The summed E-state index contributed by atoms with van der Waals surface area (Å²) in [6, 6.07) is 4.74. The lowest BCUT2D eigenvalue weighted by Gasteiger charge is -2.22. The van der Waals surface area contributed by atoms with Crippen LogP contribution in [0.15, 0.2) is 18.3 Å². The van der Waals surface area contributed by atoms with Gasteiger partial charge in [0.25, 0.3) is 0 Å². The van der Waals surface area contributed by atoms with Crippen LogP contribution in [0.5, 0.6) is 0 Å². The van der Waals surface area contributed by atoms with E-state index in [1.165, 1.54) is 51.0 Å². The fraction of sp³-hybridized carbons (Fsp3) is 0.625. The zero-order chi connectivity index (χ0) is 13.4. The minimum atomic E-state index is 0.661. The molecule has 106 valence electrons. The Labute approximate surface area is 119 Å². The lowest BCUT2D eigenvalue weighted by atomic mass is 9.94. The smallest absolute Gasteiger partial charge is 0.160 e. The predicted octanol–water partition coefficient (Wildman–Crippen LogP) is 2.70. The van der Waals surface area contributed by atoms with Crippen LogP contribution in [0.2, 0.25) is 0 Å². The maximum Gasteiger partial charge on any atom is 0.160 e. The Morgan fingerprint density at radius 2 is 2.25 bits per heavy atom. The summed E-state index contributed by atoms with van der Waals surface area (Å²) in [5.41, 5.74) is 2.16. The summed E-state index contributed by atoms with van der Waals surface area (Å²) in [6.07, 6.45) is 9.51. The third kappa shape index (κ3) is 2.33. The molecule has 2 aliphatic rings. The molecule has 2 fully saturated rings. The minimum absolute atomic E-state index is 0.661. The van der Waals surface area contributed by atoms with Crippen molar-refractivity contribution >= 4 is 11.2 Å². The van der Waals surface area contributed by atoms with Crippen LogP contribution in [0.3, 0.4) is 0 Å². The van der Waals surface area contributed by atoms with E-state index in [-0.39, 0.29) is 0 Å². The molecule has 1 saturated carbocycles. The lowest BCUT2D eigenvalue weighted by Crippen LogP contribution is -2.30. The van der Waals surface area contributed by atoms with Gasteiger partial charge in [-0.05, 0) is 63.2 Å². The number of nitrogens with zero attached hydrogens (tertiary/aromatic N) is 3. The van der Waals surface area contributed by atoms with Crippen molar-refractivity contribution in [3.63, 3.8) is 0 Å². The third-order valence-electron chi connectivity index (χ3n) is 4.61. The van der Waals surface area contributed by atoms with Crippen LogP contribution in [0.4, 0.5) is 0 Å². The van der Waals surface area contributed by atoms with Gasteiger partial charge in [-0.15, -0.1) is 0 Å². The van der Waals surface area contributed by atoms with Gasteiger partial charge in [0.1, 0.15) is 11.3 Å². The second kappa shape index (κ2) is 5.17. The highest BCUT2D eigenvalue weighted by Gasteiger charge is 2.28. The lowest BCUT2D eigenvalue weighted by molar-refractivity contribution is 0.354. The molecule has 1 aliphatic heterocycles. The molecule has 0 spiro atoms. The van der Waals surface area contributed by atoms with E-state index in [1.54, 1.807) is 0 Å². The number of fused-ring (bicyclic) bond motifs is 1. The summed E-state index contributed by atoms with van der Waals surface area (Å²) in [6.45, 7) is 2.38. The number of pyridine rings is 1. The van der Waals surface area contributed by atoms with Gasteiger partial charge in [0.05, 0.1) is 0 Å². The van der Waals surface area contributed by atoms with Gasteiger partial charge >= 0.3 is 0 Å². The zero-order valence-corrected chi connectivity index (χ0v) is 11.9. The average molecular weight is 270 g/mol. The molecule has 1 saturated heterocycles. The number of aryl methyl sites for hydroxylation is 1. The number of hydrogen-bond acceptors (Lipinski definition) is 3. The third-order valence-corrected chi connectivity index (χ3v) is 4.61. The molecule has 3 heterocycles. The Hall–Kier alpha value is -1.42. The number of piperidine rings is 1. The first-order chi connectivity index (χ1) is 9.92. The Morgan fingerprint density at radius 1 is 1.30 bits per heavy atom. The summed E-state index contributed by atoms with van der Waals surface area (Å²) in [7, 11) is 0. The van der Waals surface area contributed by atoms with Gasteiger partial charge in [0.2, 0.25) is 0 Å². The quantitative estimate of drug-likeness (QED) is 0.929. The van der Waals surface area contributed by atoms with Crippen LogP contribution in [0, 0.1) is 5.92 Å². The molecular weight excluding hydrogens is 248 g/mol. The van der Waals surface area contributed by atoms with E-state index in [1.807, 2.05) is 12.3 Å². The second-order valence-corrected chi connectivity index (χ2v) is 6.23. The van der Waals surface area contributed by atoms with E-state index in [2.05, 4.69) is 20.9 Å². The molecule has 0 amide bonds. The molecule has 1 atom stereocenters. The van der Waals surface area contributed by atoms with Crippen molar-refractivity contribution in [2.24, 2.45) is 5.92 Å². The van der Waals surface area contributed by atoms with Gasteiger partial charge in [-0.2, -0.15) is 0 Å². The van der Waals surface area contributed by atoms with Gasteiger partial charge < -0.3 is 9.88 Å². The Kier molecular flexibility index (Phi) is 3.19. The van der Waals surface area contributed by atoms with E-state index in [0.29, 0.717) is 6.04 Å².